The largest absolute Gasteiger partial charge is 0.241 e. The van der Waals surface area contributed by atoms with Crippen LogP contribution in [-0.4, -0.2) is 19.9 Å². The molecule has 2 rings (SSSR count). The Kier molecular flexibility index (Phi) is 3.75. The van der Waals surface area contributed by atoms with Gasteiger partial charge >= 0.3 is 0 Å². The molecule has 0 aliphatic heterocycles. The summed E-state index contributed by atoms with van der Waals surface area (Å²) in [6.45, 7) is 4.23. The van der Waals surface area contributed by atoms with E-state index in [1.165, 1.54) is 0 Å². The van der Waals surface area contributed by atoms with Crippen molar-refractivity contribution in [2.75, 3.05) is 0 Å². The second-order valence-electron chi connectivity index (χ2n) is 3.82. The zero-order valence-corrected chi connectivity index (χ0v) is 10.2. The van der Waals surface area contributed by atoms with Gasteiger partial charge < -0.3 is 0 Å². The van der Waals surface area contributed by atoms with Crippen molar-refractivity contribution >= 4 is 0 Å². The fraction of sp³-hybridized carbons (Fsp3) is 0.385. The third kappa shape index (κ3) is 2.46. The summed E-state index contributed by atoms with van der Waals surface area (Å²) in [7, 11) is 0. The van der Waals surface area contributed by atoms with E-state index >= 15 is 0 Å². The Bertz CT molecular complexity index is 482. The second kappa shape index (κ2) is 5.48. The summed E-state index contributed by atoms with van der Waals surface area (Å²) < 4.78 is 0. The highest BCUT2D eigenvalue weighted by molar-refractivity contribution is 5.60. The van der Waals surface area contributed by atoms with E-state index < -0.39 is 0 Å². The number of aromatic nitrogens is 4. The highest BCUT2D eigenvalue weighted by Gasteiger charge is 2.13. The maximum Gasteiger partial charge on any atom is 0.162 e. The number of hydrogen-bond donors (Lipinski definition) is 0. The first-order valence-corrected chi connectivity index (χ1v) is 5.97. The smallest absolute Gasteiger partial charge is 0.162 e. The molecule has 0 aliphatic carbocycles. The first-order chi connectivity index (χ1) is 8.36. The van der Waals surface area contributed by atoms with Crippen molar-refractivity contribution < 1.29 is 0 Å². The Morgan fingerprint density at radius 1 is 0.941 bits per heavy atom. The molecular formula is C13H16N4. The van der Waals surface area contributed by atoms with E-state index in [9.17, 15) is 0 Å². The van der Waals surface area contributed by atoms with Gasteiger partial charge in [0.05, 0.1) is 17.0 Å². The SMILES string of the molecule is CCCc1ncnc(CC)c1-c1ncccn1. The van der Waals surface area contributed by atoms with Crippen LogP contribution in [0.5, 0.6) is 0 Å². The molecule has 0 N–H and O–H groups in total. The molecule has 0 bridgehead atoms. The molecule has 17 heavy (non-hydrogen) atoms. The fourth-order valence-electron chi connectivity index (χ4n) is 1.84. The Labute approximate surface area is 101 Å². The third-order valence-corrected chi connectivity index (χ3v) is 2.62. The molecule has 0 spiro atoms. The van der Waals surface area contributed by atoms with E-state index in [-0.39, 0.29) is 0 Å². The predicted molar refractivity (Wildman–Crippen MR) is 66.4 cm³/mol. The van der Waals surface area contributed by atoms with Crippen LogP contribution in [0, 0.1) is 0 Å². The van der Waals surface area contributed by atoms with E-state index in [1.807, 2.05) is 6.07 Å². The van der Waals surface area contributed by atoms with E-state index in [1.54, 1.807) is 18.7 Å². The van der Waals surface area contributed by atoms with E-state index in [0.717, 1.165) is 42.0 Å². The molecule has 0 unspecified atom stereocenters. The van der Waals surface area contributed by atoms with Crippen molar-refractivity contribution in [2.45, 2.75) is 33.1 Å². The fourth-order valence-corrected chi connectivity index (χ4v) is 1.84. The van der Waals surface area contributed by atoms with Gasteiger partial charge in [-0.05, 0) is 18.9 Å². The zero-order chi connectivity index (χ0) is 12.1. The number of hydrogen-bond acceptors (Lipinski definition) is 4. The van der Waals surface area contributed by atoms with Gasteiger partial charge in [0.25, 0.3) is 0 Å². The van der Waals surface area contributed by atoms with Crippen LogP contribution in [0.1, 0.15) is 31.7 Å². The molecular weight excluding hydrogens is 212 g/mol. The van der Waals surface area contributed by atoms with E-state index in [2.05, 4.69) is 33.8 Å². The first kappa shape index (κ1) is 11.6. The number of rotatable bonds is 4. The molecule has 4 nitrogen and oxygen atoms in total. The van der Waals surface area contributed by atoms with Gasteiger partial charge in [0, 0.05) is 12.4 Å². The average Bonchev–Trinajstić information content (AvgIpc) is 2.40. The lowest BCUT2D eigenvalue weighted by molar-refractivity contribution is 0.855. The maximum absolute atomic E-state index is 4.36. The number of aryl methyl sites for hydroxylation is 2. The molecule has 0 saturated heterocycles. The van der Waals surface area contributed by atoms with Crippen molar-refractivity contribution in [3.8, 4) is 11.4 Å². The van der Waals surface area contributed by atoms with Crippen LogP contribution < -0.4 is 0 Å². The van der Waals surface area contributed by atoms with E-state index in [0.29, 0.717) is 0 Å². The molecule has 0 saturated carbocycles. The highest BCUT2D eigenvalue weighted by atomic mass is 14.9. The quantitative estimate of drug-likeness (QED) is 0.806. The summed E-state index contributed by atoms with van der Waals surface area (Å²) in [5, 5.41) is 0. The average molecular weight is 228 g/mol. The van der Waals surface area contributed by atoms with Crippen LogP contribution >= 0.6 is 0 Å². The minimum absolute atomic E-state index is 0.730. The Morgan fingerprint density at radius 3 is 2.29 bits per heavy atom. The summed E-state index contributed by atoms with van der Waals surface area (Å²) in [5.74, 6) is 0.730. The topological polar surface area (TPSA) is 51.6 Å². The lowest BCUT2D eigenvalue weighted by atomic mass is 10.1. The maximum atomic E-state index is 4.36. The van der Waals surface area contributed by atoms with Gasteiger partial charge in [-0.3, -0.25) is 0 Å². The normalized spacial score (nSPS) is 10.5. The van der Waals surface area contributed by atoms with Crippen molar-refractivity contribution in [1.82, 2.24) is 19.9 Å². The lowest BCUT2D eigenvalue weighted by Crippen LogP contribution is -2.03. The predicted octanol–water partition coefficient (Wildman–Crippen LogP) is 2.45. The van der Waals surface area contributed by atoms with Crippen molar-refractivity contribution in [2.24, 2.45) is 0 Å². The van der Waals surface area contributed by atoms with Gasteiger partial charge in [0.15, 0.2) is 5.82 Å². The van der Waals surface area contributed by atoms with Crippen LogP contribution in [0.2, 0.25) is 0 Å². The monoisotopic (exact) mass is 228 g/mol. The second-order valence-corrected chi connectivity index (χ2v) is 3.82. The van der Waals surface area contributed by atoms with Crippen molar-refractivity contribution in [3.05, 3.63) is 36.2 Å². The minimum atomic E-state index is 0.730. The molecule has 0 fully saturated rings. The Morgan fingerprint density at radius 2 is 1.65 bits per heavy atom. The molecule has 2 aromatic rings. The van der Waals surface area contributed by atoms with Gasteiger partial charge in [0.2, 0.25) is 0 Å². The van der Waals surface area contributed by atoms with Gasteiger partial charge in [-0.1, -0.05) is 20.3 Å². The summed E-state index contributed by atoms with van der Waals surface area (Å²) in [4.78, 5) is 17.3. The molecule has 4 heteroatoms. The molecule has 2 heterocycles. The summed E-state index contributed by atoms with van der Waals surface area (Å²) in [6, 6.07) is 1.82. The van der Waals surface area contributed by atoms with Gasteiger partial charge in [-0.25, -0.2) is 19.9 Å². The molecule has 0 amide bonds. The molecule has 0 aromatic carbocycles. The summed E-state index contributed by atoms with van der Waals surface area (Å²) in [5.41, 5.74) is 3.08. The number of nitrogens with zero attached hydrogens (tertiary/aromatic N) is 4. The molecule has 0 radical (unpaired) electrons. The standard InChI is InChI=1S/C13H16N4/c1-3-6-11-12(10(4-2)16-9-17-11)13-14-7-5-8-15-13/h5,7-9H,3-4,6H2,1-2H3. The van der Waals surface area contributed by atoms with Crippen LogP contribution in [0.25, 0.3) is 11.4 Å². The molecule has 2 aromatic heterocycles. The van der Waals surface area contributed by atoms with Gasteiger partial charge in [0.1, 0.15) is 6.33 Å². The zero-order valence-electron chi connectivity index (χ0n) is 10.2. The Balaban J connectivity index is 2.56. The minimum Gasteiger partial charge on any atom is -0.241 e. The van der Waals surface area contributed by atoms with Crippen LogP contribution in [0.15, 0.2) is 24.8 Å². The van der Waals surface area contributed by atoms with Gasteiger partial charge in [-0.2, -0.15) is 0 Å². The Hall–Kier alpha value is -1.84. The first-order valence-electron chi connectivity index (χ1n) is 5.97. The highest BCUT2D eigenvalue weighted by Crippen LogP contribution is 2.22. The third-order valence-electron chi connectivity index (χ3n) is 2.62. The van der Waals surface area contributed by atoms with Crippen LogP contribution in [0.3, 0.4) is 0 Å². The van der Waals surface area contributed by atoms with Crippen molar-refractivity contribution in [1.29, 1.82) is 0 Å². The molecule has 0 aliphatic rings. The van der Waals surface area contributed by atoms with Crippen LogP contribution in [0.4, 0.5) is 0 Å². The molecule has 0 atom stereocenters. The summed E-state index contributed by atoms with van der Waals surface area (Å²) >= 11 is 0. The summed E-state index contributed by atoms with van der Waals surface area (Å²) in [6.07, 6.45) is 8.00. The van der Waals surface area contributed by atoms with Gasteiger partial charge in [-0.15, -0.1) is 0 Å². The lowest BCUT2D eigenvalue weighted by Gasteiger charge is -2.09. The molecule has 88 valence electrons. The van der Waals surface area contributed by atoms with Crippen molar-refractivity contribution in [3.63, 3.8) is 0 Å². The van der Waals surface area contributed by atoms with Crippen LogP contribution in [-0.2, 0) is 12.8 Å². The van der Waals surface area contributed by atoms with E-state index in [4.69, 9.17) is 0 Å².